The quantitative estimate of drug-likeness (QED) is 0.250. The number of hydrogen-bond acceptors (Lipinski definition) is 4. The van der Waals surface area contributed by atoms with Crippen molar-refractivity contribution >= 4 is 27.5 Å². The maximum absolute atomic E-state index is 13.0. The number of halogens is 3. The molecule has 42 heavy (non-hydrogen) atoms. The largest absolute Gasteiger partial charge is 0.674 e. The highest BCUT2D eigenvalue weighted by atomic mass is 32.1. The molecule has 0 aliphatic heterocycles. The van der Waals surface area contributed by atoms with E-state index < -0.39 is 17.4 Å². The van der Waals surface area contributed by atoms with Crippen LogP contribution in [0.2, 0.25) is 0 Å². The number of hydrogen-bond donors (Lipinski definition) is 1. The van der Waals surface area contributed by atoms with E-state index in [4.69, 9.17) is 5.73 Å². The topological polar surface area (TPSA) is 96.9 Å². The first-order chi connectivity index (χ1) is 20.0. The summed E-state index contributed by atoms with van der Waals surface area (Å²) < 4.78 is 38.6. The zero-order valence-corrected chi connectivity index (χ0v) is 23.7. The summed E-state index contributed by atoms with van der Waals surface area (Å²) in [5.41, 5.74) is 9.04. The maximum atomic E-state index is 13.0. The van der Waals surface area contributed by atoms with Gasteiger partial charge in [-0.1, -0.05) is 77.9 Å². The molecule has 0 spiro atoms. The van der Waals surface area contributed by atoms with Gasteiger partial charge in [0.05, 0.1) is 22.4 Å². The number of carbonyl (C=O) groups excluding carboxylic acids is 1. The molecule has 3 aromatic carbocycles. The Morgan fingerprint density at radius 3 is 2.12 bits per heavy atom. The Hall–Kier alpha value is -4.48. The number of carbonyl (C=O) groups is 1. The first-order valence-electron chi connectivity index (χ1n) is 12.9. The lowest BCUT2D eigenvalue weighted by molar-refractivity contribution is -0.137. The predicted octanol–water partition coefficient (Wildman–Crippen LogP) is 6.31. The lowest BCUT2D eigenvalue weighted by Gasteiger charge is -2.08. The third kappa shape index (κ3) is 7.23. The van der Waals surface area contributed by atoms with Gasteiger partial charge in [0.25, 0.3) is 11.5 Å². The Morgan fingerprint density at radius 1 is 0.905 bits per heavy atom. The van der Waals surface area contributed by atoms with Crippen LogP contribution in [-0.2, 0) is 32.9 Å². The second-order valence-electron chi connectivity index (χ2n) is 9.59. The Morgan fingerprint density at radius 2 is 1.52 bits per heavy atom. The van der Waals surface area contributed by atoms with E-state index >= 15 is 0 Å². The van der Waals surface area contributed by atoms with Crippen molar-refractivity contribution in [3.05, 3.63) is 144 Å². The molecule has 1 amide bonds. The minimum Gasteiger partial charge on any atom is -0.674 e. The number of benzene rings is 3. The van der Waals surface area contributed by atoms with Crippen molar-refractivity contribution in [3.63, 3.8) is 0 Å². The molecule has 0 aliphatic carbocycles. The van der Waals surface area contributed by atoms with E-state index in [1.54, 1.807) is 13.1 Å². The van der Waals surface area contributed by atoms with Gasteiger partial charge in [0.1, 0.15) is 4.83 Å². The monoisotopic (exact) mass is 593 g/mol. The second kappa shape index (κ2) is 13.0. The first kappa shape index (κ1) is 30.5. The minimum atomic E-state index is -4.28. The molecule has 0 atom stereocenters. The number of aromatic nitrogens is 2. The molecule has 11 heteroatoms. The van der Waals surface area contributed by atoms with Crippen molar-refractivity contribution in [2.75, 3.05) is 0 Å². The summed E-state index contributed by atoms with van der Waals surface area (Å²) in [5.74, 6) is -0.266. The van der Waals surface area contributed by atoms with Gasteiger partial charge in [0.2, 0.25) is 0 Å². The summed E-state index contributed by atoms with van der Waals surface area (Å²) in [7, 11) is 1.62. The smallest absolute Gasteiger partial charge is 0.416 e. The van der Waals surface area contributed by atoms with E-state index in [9.17, 15) is 27.6 Å². The van der Waals surface area contributed by atoms with E-state index in [2.05, 4.69) is 5.32 Å². The van der Waals surface area contributed by atoms with Gasteiger partial charge in [-0.2, -0.15) is 13.2 Å². The summed E-state index contributed by atoms with van der Waals surface area (Å²) in [6.07, 6.45) is -4.28. The highest BCUT2D eigenvalue weighted by molar-refractivity contribution is 7.20. The molecule has 0 bridgehead atoms. The number of fused-ring (bicyclic) bond motifs is 1. The number of alkyl halides is 3. The van der Waals surface area contributed by atoms with Crippen molar-refractivity contribution < 1.29 is 18.0 Å². The molecule has 2 N–H and O–H groups in total. The Balaban J connectivity index is 0.000000283. The van der Waals surface area contributed by atoms with E-state index in [1.165, 1.54) is 21.3 Å². The van der Waals surface area contributed by atoms with Gasteiger partial charge in [0, 0.05) is 13.6 Å². The van der Waals surface area contributed by atoms with Gasteiger partial charge in [0.15, 0.2) is 0 Å². The van der Waals surface area contributed by atoms with Crippen molar-refractivity contribution in [3.8, 4) is 0 Å². The van der Waals surface area contributed by atoms with Crippen molar-refractivity contribution in [2.45, 2.75) is 32.7 Å². The molecule has 5 rings (SSSR count). The number of amides is 1. The van der Waals surface area contributed by atoms with E-state index in [0.29, 0.717) is 27.2 Å². The van der Waals surface area contributed by atoms with Crippen LogP contribution in [0.4, 0.5) is 13.2 Å². The van der Waals surface area contributed by atoms with Gasteiger partial charge in [-0.05, 0) is 36.2 Å². The standard InChI is InChI=1S/C23H21N3O3S.C8H7F3N/c1-15-8-10-16(11-9-15)13-24-20(27)19-12-18-21(28)26(14-17-6-4-3-5-7-17)23(29)25(2)22(18)30-19;9-8(10,11)7-3-1-6(5-12)2-4-7/h3-12H,13-14H2,1-2H3,(H,24,27);1-4,12H,5H2/q;-1. The molecule has 218 valence electrons. The number of rotatable bonds is 6. The average Bonchev–Trinajstić information content (AvgIpc) is 3.44. The summed E-state index contributed by atoms with van der Waals surface area (Å²) >= 11 is 1.15. The molecule has 0 saturated carbocycles. The molecule has 0 fully saturated rings. The van der Waals surface area contributed by atoms with Gasteiger partial charge in [-0.3, -0.25) is 18.7 Å². The molecule has 0 aliphatic rings. The van der Waals surface area contributed by atoms with Crippen molar-refractivity contribution in [1.29, 1.82) is 0 Å². The van der Waals surface area contributed by atoms with Gasteiger partial charge < -0.3 is 11.1 Å². The highest BCUT2D eigenvalue weighted by Crippen LogP contribution is 2.29. The zero-order chi connectivity index (χ0) is 30.4. The lowest BCUT2D eigenvalue weighted by atomic mass is 10.1. The molecule has 5 aromatic rings. The van der Waals surface area contributed by atoms with E-state index in [1.807, 2.05) is 61.5 Å². The van der Waals surface area contributed by atoms with E-state index in [0.717, 1.165) is 40.2 Å². The minimum absolute atomic E-state index is 0.0120. The number of nitrogens with zero attached hydrogens (tertiary/aromatic N) is 2. The van der Waals surface area contributed by atoms with E-state index in [-0.39, 0.29) is 24.6 Å². The van der Waals surface area contributed by atoms with Gasteiger partial charge >= 0.3 is 11.9 Å². The number of nitrogens with one attached hydrogen (secondary N) is 2. The van der Waals surface area contributed by atoms with Crippen LogP contribution < -0.4 is 16.6 Å². The van der Waals surface area contributed by atoms with Crippen LogP contribution in [0.25, 0.3) is 16.0 Å². The Bertz CT molecular complexity index is 1790. The molecule has 0 radical (unpaired) electrons. The van der Waals surface area contributed by atoms with Crippen LogP contribution in [0.15, 0.2) is 94.5 Å². The summed E-state index contributed by atoms with van der Waals surface area (Å²) in [5, 5.41) is 3.25. The molecular weight excluding hydrogens is 565 g/mol. The zero-order valence-electron chi connectivity index (χ0n) is 22.9. The second-order valence-corrected chi connectivity index (χ2v) is 10.6. The van der Waals surface area contributed by atoms with Gasteiger partial charge in [-0.25, -0.2) is 4.79 Å². The third-order valence-corrected chi connectivity index (χ3v) is 7.69. The van der Waals surface area contributed by atoms with Crippen molar-refractivity contribution in [2.24, 2.45) is 7.05 Å². The summed E-state index contributed by atoms with van der Waals surface area (Å²) in [6, 6.07) is 23.5. The fourth-order valence-corrected chi connectivity index (χ4v) is 5.11. The molecular formula is C31H28F3N4O3S-. The molecule has 2 heterocycles. The normalized spacial score (nSPS) is 11.2. The molecule has 2 aromatic heterocycles. The SMILES string of the molecule is Cc1ccc(CNC(=O)c2cc3c(=O)n(Cc4ccccc4)c(=O)n(C)c3s2)cc1.[NH-]Cc1ccc(C(F)(F)F)cc1. The number of aryl methyl sites for hydroxylation is 2. The Labute approximate surface area is 243 Å². The first-order valence-corrected chi connectivity index (χ1v) is 13.7. The van der Waals surface area contributed by atoms with Gasteiger partial charge in [-0.15, -0.1) is 17.9 Å². The van der Waals surface area contributed by atoms with Crippen LogP contribution in [0.1, 0.15) is 37.5 Å². The predicted molar refractivity (Wildman–Crippen MR) is 159 cm³/mol. The van der Waals surface area contributed by atoms with Crippen LogP contribution >= 0.6 is 11.3 Å². The summed E-state index contributed by atoms with van der Waals surface area (Å²) in [6.45, 7) is 2.60. The lowest BCUT2D eigenvalue weighted by Crippen LogP contribution is -2.38. The number of thiophene rings is 1. The average molecular weight is 594 g/mol. The van der Waals surface area contributed by atoms with Crippen LogP contribution in [-0.4, -0.2) is 15.0 Å². The molecule has 0 unspecified atom stereocenters. The van der Waals surface area contributed by atoms with Crippen LogP contribution in [0.3, 0.4) is 0 Å². The van der Waals surface area contributed by atoms with Crippen LogP contribution in [0.5, 0.6) is 0 Å². The van der Waals surface area contributed by atoms with Crippen molar-refractivity contribution in [1.82, 2.24) is 14.5 Å². The third-order valence-electron chi connectivity index (χ3n) is 6.48. The highest BCUT2D eigenvalue weighted by Gasteiger charge is 2.29. The maximum Gasteiger partial charge on any atom is 0.416 e. The fourth-order valence-electron chi connectivity index (χ4n) is 4.09. The molecule has 0 saturated heterocycles. The summed E-state index contributed by atoms with van der Waals surface area (Å²) in [4.78, 5) is 39.3. The fraction of sp³-hybridized carbons (Fsp3) is 0.194. The molecule has 7 nitrogen and oxygen atoms in total. The Kier molecular flexibility index (Phi) is 9.44. The van der Waals surface area contributed by atoms with Crippen LogP contribution in [0, 0.1) is 6.92 Å².